The lowest BCUT2D eigenvalue weighted by Gasteiger charge is -2.11. The molecule has 0 saturated carbocycles. The van der Waals surface area contributed by atoms with Crippen LogP contribution in [0.25, 0.3) is 0 Å². The molecule has 0 bridgehead atoms. The third kappa shape index (κ3) is 3.19. The fraction of sp³-hybridized carbons (Fsp3) is 0.333. The fourth-order valence-electron chi connectivity index (χ4n) is 1.02. The molecular weight excluding hydrogens is 347 g/mol. The third-order valence-electron chi connectivity index (χ3n) is 1.64. The highest BCUT2D eigenvalue weighted by Gasteiger charge is 2.10. The Morgan fingerprint density at radius 1 is 1.62 bits per heavy atom. The molecule has 0 aliphatic rings. The Labute approximate surface area is 99.6 Å². The molecule has 0 heterocycles. The fourth-order valence-corrected chi connectivity index (χ4v) is 2.04. The molecule has 1 aromatic carbocycles. The summed E-state index contributed by atoms with van der Waals surface area (Å²) in [4.78, 5) is 0. The van der Waals surface area contributed by atoms with E-state index in [1.165, 1.54) is 0 Å². The predicted molar refractivity (Wildman–Crippen MR) is 63.7 cm³/mol. The topological polar surface area (TPSA) is 29.5 Å². The Morgan fingerprint density at radius 3 is 2.92 bits per heavy atom. The van der Waals surface area contributed by atoms with Crippen LogP contribution in [-0.2, 0) is 4.74 Å². The predicted octanol–water partition coefficient (Wildman–Crippen LogP) is 2.73. The molecule has 4 heteroatoms. The smallest absolute Gasteiger partial charge is 0.103 e. The summed E-state index contributed by atoms with van der Waals surface area (Å²) in [5.41, 5.74) is 0.869. The molecule has 0 saturated heterocycles. The molecule has 1 N–H and O–H groups in total. The summed E-state index contributed by atoms with van der Waals surface area (Å²) in [7, 11) is 1.57. The molecule has 0 aliphatic heterocycles. The van der Waals surface area contributed by atoms with Crippen molar-refractivity contribution >= 4 is 38.5 Å². The van der Waals surface area contributed by atoms with Crippen LogP contribution in [0.5, 0.6) is 0 Å². The number of methoxy groups -OCH3 is 1. The van der Waals surface area contributed by atoms with Crippen molar-refractivity contribution in [3.8, 4) is 0 Å². The molecule has 0 spiro atoms. The van der Waals surface area contributed by atoms with Crippen LogP contribution in [-0.4, -0.2) is 18.8 Å². The maximum atomic E-state index is 9.67. The summed E-state index contributed by atoms with van der Waals surface area (Å²) in [6.45, 7) is 0.318. The third-order valence-corrected chi connectivity index (χ3v) is 3.03. The number of rotatable bonds is 3. The number of benzene rings is 1. The van der Waals surface area contributed by atoms with Crippen LogP contribution in [0.4, 0.5) is 0 Å². The Morgan fingerprint density at radius 2 is 2.31 bits per heavy atom. The van der Waals surface area contributed by atoms with Crippen LogP contribution in [0.3, 0.4) is 0 Å². The van der Waals surface area contributed by atoms with E-state index in [1.54, 1.807) is 7.11 Å². The van der Waals surface area contributed by atoms with Gasteiger partial charge in [0.15, 0.2) is 0 Å². The van der Waals surface area contributed by atoms with E-state index >= 15 is 0 Å². The summed E-state index contributed by atoms with van der Waals surface area (Å²) >= 11 is 5.59. The number of aliphatic hydroxyl groups is 1. The highest BCUT2D eigenvalue weighted by atomic mass is 127. The van der Waals surface area contributed by atoms with Gasteiger partial charge in [-0.15, -0.1) is 0 Å². The normalized spacial score (nSPS) is 12.9. The van der Waals surface area contributed by atoms with Crippen molar-refractivity contribution < 1.29 is 9.84 Å². The summed E-state index contributed by atoms with van der Waals surface area (Å²) in [5, 5.41) is 9.67. The van der Waals surface area contributed by atoms with Gasteiger partial charge in [0, 0.05) is 15.2 Å². The van der Waals surface area contributed by atoms with Gasteiger partial charge in [0.2, 0.25) is 0 Å². The van der Waals surface area contributed by atoms with Crippen LogP contribution in [0.15, 0.2) is 22.7 Å². The molecule has 1 rings (SSSR count). The molecule has 2 nitrogen and oxygen atoms in total. The molecule has 72 valence electrons. The van der Waals surface area contributed by atoms with Crippen LogP contribution in [0.1, 0.15) is 11.7 Å². The minimum atomic E-state index is -0.561. The molecule has 0 amide bonds. The van der Waals surface area contributed by atoms with Crippen molar-refractivity contribution in [3.63, 3.8) is 0 Å². The second-order valence-electron chi connectivity index (χ2n) is 2.64. The molecule has 1 aromatic rings. The van der Waals surface area contributed by atoms with E-state index in [4.69, 9.17) is 4.74 Å². The quantitative estimate of drug-likeness (QED) is 0.844. The molecule has 1 unspecified atom stereocenters. The molecule has 1 atom stereocenters. The van der Waals surface area contributed by atoms with Gasteiger partial charge < -0.3 is 9.84 Å². The van der Waals surface area contributed by atoms with Gasteiger partial charge in [-0.1, -0.05) is 15.9 Å². The van der Waals surface area contributed by atoms with Gasteiger partial charge >= 0.3 is 0 Å². The Hall–Kier alpha value is 0.350. The lowest BCUT2D eigenvalue weighted by atomic mass is 10.1. The minimum absolute atomic E-state index is 0.318. The average molecular weight is 357 g/mol. The van der Waals surface area contributed by atoms with Gasteiger partial charge in [-0.3, -0.25) is 0 Å². The van der Waals surface area contributed by atoms with Crippen molar-refractivity contribution in [3.05, 3.63) is 31.8 Å². The number of ether oxygens (including phenoxy) is 1. The summed E-state index contributed by atoms with van der Waals surface area (Å²) in [6.07, 6.45) is -0.561. The van der Waals surface area contributed by atoms with Gasteiger partial charge in [-0.05, 0) is 46.4 Å². The second-order valence-corrected chi connectivity index (χ2v) is 4.74. The standard InChI is InChI=1S/C9H10BrIO2/c1-13-5-9(12)7-4-6(11)2-3-8(7)10/h2-4,9,12H,5H2,1H3. The van der Waals surface area contributed by atoms with Crippen molar-refractivity contribution in [2.45, 2.75) is 6.10 Å². The van der Waals surface area contributed by atoms with Gasteiger partial charge in [0.1, 0.15) is 6.10 Å². The average Bonchev–Trinajstić information content (AvgIpc) is 2.09. The highest BCUT2D eigenvalue weighted by Crippen LogP contribution is 2.25. The summed E-state index contributed by atoms with van der Waals surface area (Å²) in [5.74, 6) is 0. The number of hydrogen-bond donors (Lipinski definition) is 1. The SMILES string of the molecule is COCC(O)c1cc(I)ccc1Br. The first-order valence-corrected chi connectivity index (χ1v) is 5.64. The van der Waals surface area contributed by atoms with Gasteiger partial charge in [0.25, 0.3) is 0 Å². The zero-order chi connectivity index (χ0) is 9.84. The van der Waals surface area contributed by atoms with E-state index in [0.717, 1.165) is 13.6 Å². The summed E-state index contributed by atoms with van der Waals surface area (Å²) in [6, 6.07) is 5.85. The number of hydrogen-bond acceptors (Lipinski definition) is 2. The zero-order valence-corrected chi connectivity index (χ0v) is 10.9. The van der Waals surface area contributed by atoms with Gasteiger partial charge in [0.05, 0.1) is 6.61 Å². The monoisotopic (exact) mass is 356 g/mol. The van der Waals surface area contributed by atoms with E-state index < -0.39 is 6.10 Å². The van der Waals surface area contributed by atoms with Crippen molar-refractivity contribution in [2.24, 2.45) is 0 Å². The van der Waals surface area contributed by atoms with Crippen LogP contribution >= 0.6 is 38.5 Å². The Bertz CT molecular complexity index is 291. The van der Waals surface area contributed by atoms with Crippen LogP contribution in [0.2, 0.25) is 0 Å². The summed E-state index contributed by atoms with van der Waals surface area (Å²) < 4.78 is 6.90. The van der Waals surface area contributed by atoms with Crippen LogP contribution in [0, 0.1) is 3.57 Å². The molecule has 0 aliphatic carbocycles. The molecule has 0 fully saturated rings. The van der Waals surface area contributed by atoms with Crippen molar-refractivity contribution in [1.82, 2.24) is 0 Å². The molecule has 0 radical (unpaired) electrons. The van der Waals surface area contributed by atoms with Crippen LogP contribution < -0.4 is 0 Å². The highest BCUT2D eigenvalue weighted by molar-refractivity contribution is 14.1. The van der Waals surface area contributed by atoms with Gasteiger partial charge in [-0.25, -0.2) is 0 Å². The number of halogens is 2. The maximum Gasteiger partial charge on any atom is 0.103 e. The van der Waals surface area contributed by atoms with E-state index in [9.17, 15) is 5.11 Å². The first-order chi connectivity index (χ1) is 6.15. The lowest BCUT2D eigenvalue weighted by molar-refractivity contribution is 0.0639. The Balaban J connectivity index is 2.91. The van der Waals surface area contributed by atoms with Crippen molar-refractivity contribution in [2.75, 3.05) is 13.7 Å². The minimum Gasteiger partial charge on any atom is -0.386 e. The first kappa shape index (κ1) is 11.4. The molecular formula is C9H10BrIO2. The largest absolute Gasteiger partial charge is 0.386 e. The van der Waals surface area contributed by atoms with E-state index in [0.29, 0.717) is 6.61 Å². The van der Waals surface area contributed by atoms with E-state index in [1.807, 2.05) is 18.2 Å². The van der Waals surface area contributed by atoms with Gasteiger partial charge in [-0.2, -0.15) is 0 Å². The second kappa shape index (κ2) is 5.29. The first-order valence-electron chi connectivity index (χ1n) is 3.77. The molecule has 0 aromatic heterocycles. The lowest BCUT2D eigenvalue weighted by Crippen LogP contribution is -2.05. The maximum absolute atomic E-state index is 9.67. The Kier molecular flexibility index (Phi) is 4.64. The van der Waals surface area contributed by atoms with Crippen molar-refractivity contribution in [1.29, 1.82) is 0 Å². The number of aliphatic hydroxyl groups excluding tert-OH is 1. The van der Waals surface area contributed by atoms with E-state index in [-0.39, 0.29) is 0 Å². The molecule has 13 heavy (non-hydrogen) atoms. The van der Waals surface area contributed by atoms with E-state index in [2.05, 4.69) is 38.5 Å². The zero-order valence-electron chi connectivity index (χ0n) is 7.13.